The van der Waals surface area contributed by atoms with Crippen molar-refractivity contribution < 1.29 is 4.42 Å². The normalized spacial score (nSPS) is 16.3. The molecular weight excluding hydrogens is 507 g/mol. The van der Waals surface area contributed by atoms with Gasteiger partial charge in [0.05, 0.1) is 5.41 Å². The summed E-state index contributed by atoms with van der Waals surface area (Å²) in [5.74, 6) is 1.69. The Morgan fingerprint density at radius 3 is 1.89 bits per heavy atom. The van der Waals surface area contributed by atoms with Crippen molar-refractivity contribution in [3.8, 4) is 44.9 Å². The first kappa shape index (κ1) is 22.0. The Morgan fingerprint density at radius 1 is 0.500 bits per heavy atom. The van der Waals surface area contributed by atoms with E-state index in [1.54, 1.807) is 0 Å². The average Bonchev–Trinajstić information content (AvgIpc) is 3.58. The second-order valence-electron chi connectivity index (χ2n) is 9.89. The van der Waals surface area contributed by atoms with Gasteiger partial charge >= 0.3 is 0 Å². The quantitative estimate of drug-likeness (QED) is 0.218. The Kier molecular flexibility index (Phi) is 4.62. The van der Waals surface area contributed by atoms with Crippen molar-refractivity contribution in [2.75, 3.05) is 0 Å². The summed E-state index contributed by atoms with van der Waals surface area (Å²) < 4.78 is 6.93. The van der Waals surface area contributed by atoms with E-state index in [1.807, 2.05) is 36.4 Å². The molecule has 5 aromatic carbocycles. The molecular formula is C35H20Cl2O. The van der Waals surface area contributed by atoms with E-state index in [2.05, 4.69) is 84.9 Å². The Labute approximate surface area is 230 Å². The highest BCUT2D eigenvalue weighted by Gasteiger charge is 2.56. The zero-order valence-corrected chi connectivity index (χ0v) is 21.7. The predicted octanol–water partition coefficient (Wildman–Crippen LogP) is 10.3. The van der Waals surface area contributed by atoms with Crippen LogP contribution in [0.25, 0.3) is 44.9 Å². The third kappa shape index (κ3) is 2.73. The van der Waals surface area contributed by atoms with Gasteiger partial charge in [-0.3, -0.25) is 0 Å². The van der Waals surface area contributed by atoms with E-state index in [4.69, 9.17) is 27.6 Å². The van der Waals surface area contributed by atoms with Crippen LogP contribution in [-0.4, -0.2) is 0 Å². The molecule has 1 atom stereocenters. The van der Waals surface area contributed by atoms with E-state index < -0.39 is 5.41 Å². The molecule has 3 heteroatoms. The van der Waals surface area contributed by atoms with E-state index in [-0.39, 0.29) is 0 Å². The van der Waals surface area contributed by atoms with Crippen LogP contribution in [0.3, 0.4) is 0 Å². The third-order valence-corrected chi connectivity index (χ3v) is 8.58. The van der Waals surface area contributed by atoms with Crippen molar-refractivity contribution in [1.82, 2.24) is 0 Å². The monoisotopic (exact) mass is 526 g/mol. The zero-order valence-electron chi connectivity index (χ0n) is 20.2. The van der Waals surface area contributed by atoms with Gasteiger partial charge in [0.15, 0.2) is 0 Å². The minimum Gasteiger partial charge on any atom is -0.455 e. The lowest BCUT2D eigenvalue weighted by Crippen LogP contribution is -2.26. The molecule has 180 valence electrons. The fraction of sp³-hybridized carbons (Fsp3) is 0.0286. The number of halogens is 2. The Bertz CT molecular complexity index is 1890. The Morgan fingerprint density at radius 2 is 1.13 bits per heavy atom. The van der Waals surface area contributed by atoms with Crippen molar-refractivity contribution in [2.45, 2.75) is 5.41 Å². The van der Waals surface area contributed by atoms with Crippen LogP contribution in [0.5, 0.6) is 0 Å². The van der Waals surface area contributed by atoms with Gasteiger partial charge in [0.25, 0.3) is 0 Å². The molecule has 1 aromatic heterocycles. The van der Waals surface area contributed by atoms with Crippen LogP contribution in [0.15, 0.2) is 126 Å². The van der Waals surface area contributed by atoms with Crippen LogP contribution in [0.1, 0.15) is 22.3 Å². The van der Waals surface area contributed by atoms with Crippen molar-refractivity contribution in [2.24, 2.45) is 0 Å². The molecule has 1 heterocycles. The van der Waals surface area contributed by atoms with Crippen LogP contribution >= 0.6 is 23.2 Å². The maximum atomic E-state index is 7.09. The topological polar surface area (TPSA) is 13.1 Å². The first-order valence-corrected chi connectivity index (χ1v) is 13.4. The molecule has 8 rings (SSSR count). The summed E-state index contributed by atoms with van der Waals surface area (Å²) in [6.45, 7) is 0. The second kappa shape index (κ2) is 7.98. The Balaban J connectivity index is 1.63. The van der Waals surface area contributed by atoms with Gasteiger partial charge in [0.1, 0.15) is 11.5 Å². The van der Waals surface area contributed by atoms with Gasteiger partial charge in [-0.1, -0.05) is 126 Å². The molecule has 0 radical (unpaired) electrons. The van der Waals surface area contributed by atoms with Gasteiger partial charge < -0.3 is 4.42 Å². The molecule has 0 saturated heterocycles. The van der Waals surface area contributed by atoms with E-state index in [0.717, 1.165) is 50.5 Å². The molecule has 2 aliphatic carbocycles. The lowest BCUT2D eigenvalue weighted by Gasteiger charge is -2.30. The fourth-order valence-electron chi connectivity index (χ4n) is 6.65. The van der Waals surface area contributed by atoms with Crippen molar-refractivity contribution in [1.29, 1.82) is 0 Å². The highest BCUT2D eigenvalue weighted by Crippen LogP contribution is 2.67. The van der Waals surface area contributed by atoms with Crippen LogP contribution in [-0.2, 0) is 5.41 Å². The summed E-state index contributed by atoms with van der Waals surface area (Å²) in [7, 11) is 0. The van der Waals surface area contributed by atoms with Gasteiger partial charge in [-0.05, 0) is 46.0 Å². The van der Waals surface area contributed by atoms with Crippen molar-refractivity contribution >= 4 is 23.2 Å². The van der Waals surface area contributed by atoms with E-state index in [9.17, 15) is 0 Å². The molecule has 1 unspecified atom stereocenters. The standard InChI is InChI=1S/C35H20Cl2O/c36-23-18-19-25-24-14-7-8-15-26(24)35(28(25)20-23)27-16-9-17-29(37)30(27)31-32(35)34(22-12-5-2-6-13-22)38-33(31)21-10-3-1-4-11-21/h1-20H. The highest BCUT2D eigenvalue weighted by atomic mass is 35.5. The molecule has 2 aliphatic rings. The lowest BCUT2D eigenvalue weighted by atomic mass is 9.70. The Hall–Kier alpha value is -4.04. The number of fused-ring (bicyclic) bond motifs is 10. The summed E-state index contributed by atoms with van der Waals surface area (Å²) in [4.78, 5) is 0. The molecule has 6 aromatic rings. The van der Waals surface area contributed by atoms with Crippen LogP contribution in [0.2, 0.25) is 10.0 Å². The molecule has 0 bridgehead atoms. The summed E-state index contributed by atoms with van der Waals surface area (Å²) in [6.07, 6.45) is 0. The molecule has 1 nitrogen and oxygen atoms in total. The largest absolute Gasteiger partial charge is 0.455 e. The molecule has 0 saturated carbocycles. The van der Waals surface area contributed by atoms with Crippen LogP contribution in [0.4, 0.5) is 0 Å². The summed E-state index contributed by atoms with van der Waals surface area (Å²) in [5, 5.41) is 1.42. The van der Waals surface area contributed by atoms with E-state index >= 15 is 0 Å². The lowest BCUT2D eigenvalue weighted by molar-refractivity contribution is 0.588. The van der Waals surface area contributed by atoms with Crippen LogP contribution in [0, 0.1) is 0 Å². The summed E-state index contributed by atoms with van der Waals surface area (Å²) in [5.41, 5.74) is 10.6. The number of hydrogen-bond acceptors (Lipinski definition) is 1. The van der Waals surface area contributed by atoms with Gasteiger partial charge in [-0.25, -0.2) is 0 Å². The fourth-order valence-corrected chi connectivity index (χ4v) is 7.09. The minimum atomic E-state index is -0.617. The molecule has 0 aliphatic heterocycles. The van der Waals surface area contributed by atoms with E-state index in [1.165, 1.54) is 16.7 Å². The molecule has 0 N–H and O–H groups in total. The van der Waals surface area contributed by atoms with Crippen LogP contribution < -0.4 is 0 Å². The number of hydrogen-bond donors (Lipinski definition) is 0. The number of benzene rings is 5. The molecule has 0 fully saturated rings. The minimum absolute atomic E-state index is 0.617. The van der Waals surface area contributed by atoms with Gasteiger partial charge in [0.2, 0.25) is 0 Å². The third-order valence-electron chi connectivity index (χ3n) is 8.03. The maximum absolute atomic E-state index is 7.09. The summed E-state index contributed by atoms with van der Waals surface area (Å²) >= 11 is 13.8. The van der Waals surface area contributed by atoms with Gasteiger partial charge in [-0.15, -0.1) is 0 Å². The first-order valence-electron chi connectivity index (χ1n) is 12.7. The van der Waals surface area contributed by atoms with Gasteiger partial charge in [-0.2, -0.15) is 0 Å². The molecule has 38 heavy (non-hydrogen) atoms. The van der Waals surface area contributed by atoms with Crippen molar-refractivity contribution in [3.05, 3.63) is 154 Å². The number of rotatable bonds is 2. The highest BCUT2D eigenvalue weighted by molar-refractivity contribution is 6.34. The first-order chi connectivity index (χ1) is 18.7. The molecule has 0 amide bonds. The van der Waals surface area contributed by atoms with Gasteiger partial charge in [0, 0.05) is 37.9 Å². The van der Waals surface area contributed by atoms with Crippen molar-refractivity contribution in [3.63, 3.8) is 0 Å². The summed E-state index contributed by atoms with van der Waals surface area (Å²) in [6, 6.07) is 41.9. The van der Waals surface area contributed by atoms with E-state index in [0.29, 0.717) is 10.0 Å². The maximum Gasteiger partial charge on any atom is 0.143 e. The average molecular weight is 527 g/mol. The second-order valence-corrected chi connectivity index (χ2v) is 10.7. The zero-order chi connectivity index (χ0) is 25.4. The smallest absolute Gasteiger partial charge is 0.143 e. The SMILES string of the molecule is Clc1ccc2c(c1)C1(c3ccccc3-2)c2cccc(Cl)c2-c2c(-c3ccccc3)oc(-c3ccccc3)c21. The number of furan rings is 1. The molecule has 1 spiro atoms. The predicted molar refractivity (Wildman–Crippen MR) is 156 cm³/mol.